The molecule has 2 aliphatic rings. The van der Waals surface area contributed by atoms with E-state index in [1.54, 1.807) is 7.11 Å². The van der Waals surface area contributed by atoms with Crippen LogP contribution >= 0.6 is 0 Å². The Morgan fingerprint density at radius 2 is 2.36 bits per heavy atom. The average molecular weight is 192 g/mol. The predicted octanol–water partition coefficient (Wildman–Crippen LogP) is 2.26. The molecule has 1 fully saturated rings. The molecule has 0 bridgehead atoms. The van der Waals surface area contributed by atoms with Gasteiger partial charge in [-0.15, -0.1) is 0 Å². The lowest BCUT2D eigenvalue weighted by Gasteiger charge is -2.37. The molecule has 2 heteroatoms. The van der Waals surface area contributed by atoms with E-state index < -0.39 is 5.41 Å². The number of fused-ring (bicyclic) bond motifs is 1. The molecule has 2 aliphatic carbocycles. The van der Waals surface area contributed by atoms with Gasteiger partial charge in [-0.3, -0.25) is 4.79 Å². The van der Waals surface area contributed by atoms with Gasteiger partial charge >= 0.3 is 0 Å². The lowest BCUT2D eigenvalue weighted by molar-refractivity contribution is -0.128. The molecule has 14 heavy (non-hydrogen) atoms. The summed E-state index contributed by atoms with van der Waals surface area (Å²) in [5.74, 6) is 0.327. The zero-order valence-electron chi connectivity index (χ0n) is 8.58. The van der Waals surface area contributed by atoms with Crippen LogP contribution in [-0.4, -0.2) is 19.5 Å². The van der Waals surface area contributed by atoms with E-state index in [4.69, 9.17) is 4.74 Å². The number of allylic oxidation sites excluding steroid dienone is 2. The standard InChI is InChI=1S/C12H16O2/c1-14-9-12-8-3-2-5-10(12)6-4-7-11(12)13/h3,5,8H,2,4,6-7,9H2,1H3/t12-/m1/s1. The monoisotopic (exact) mass is 192 g/mol. The Kier molecular flexibility index (Phi) is 2.55. The molecule has 1 saturated carbocycles. The lowest BCUT2D eigenvalue weighted by Crippen LogP contribution is -2.39. The van der Waals surface area contributed by atoms with Gasteiger partial charge in [-0.1, -0.05) is 23.8 Å². The first-order chi connectivity index (χ1) is 6.79. The van der Waals surface area contributed by atoms with Gasteiger partial charge in [0, 0.05) is 13.5 Å². The topological polar surface area (TPSA) is 26.3 Å². The smallest absolute Gasteiger partial charge is 0.149 e. The summed E-state index contributed by atoms with van der Waals surface area (Å²) < 4.78 is 5.20. The third-order valence-electron chi connectivity index (χ3n) is 3.20. The molecule has 1 atom stereocenters. The molecular formula is C12H16O2. The van der Waals surface area contributed by atoms with Crippen LogP contribution in [0.5, 0.6) is 0 Å². The van der Waals surface area contributed by atoms with Crippen molar-refractivity contribution in [2.24, 2.45) is 5.41 Å². The molecule has 76 valence electrons. The number of hydrogen-bond acceptors (Lipinski definition) is 2. The van der Waals surface area contributed by atoms with E-state index in [1.807, 2.05) is 6.08 Å². The van der Waals surface area contributed by atoms with Crippen LogP contribution in [0.1, 0.15) is 25.7 Å². The molecule has 0 spiro atoms. The number of hydrogen-bond donors (Lipinski definition) is 0. The normalized spacial score (nSPS) is 31.2. The number of ether oxygens (including phenoxy) is 1. The molecule has 2 rings (SSSR count). The molecule has 2 nitrogen and oxygen atoms in total. The SMILES string of the molecule is COC[C@]12C=CCC=C1CCCC2=O. The highest BCUT2D eigenvalue weighted by atomic mass is 16.5. The maximum absolute atomic E-state index is 12.0. The number of carbonyl (C=O) groups is 1. The van der Waals surface area contributed by atoms with E-state index in [-0.39, 0.29) is 0 Å². The Morgan fingerprint density at radius 3 is 3.14 bits per heavy atom. The number of methoxy groups -OCH3 is 1. The highest BCUT2D eigenvalue weighted by Crippen LogP contribution is 2.42. The molecule has 0 N–H and O–H groups in total. The number of carbonyl (C=O) groups excluding carboxylic acids is 1. The largest absolute Gasteiger partial charge is 0.383 e. The Morgan fingerprint density at radius 1 is 1.50 bits per heavy atom. The molecule has 0 saturated heterocycles. The second-order valence-electron chi connectivity index (χ2n) is 4.05. The summed E-state index contributed by atoms with van der Waals surface area (Å²) in [5, 5.41) is 0. The Bertz CT molecular complexity index is 301. The fourth-order valence-corrected chi connectivity index (χ4v) is 2.48. The Labute approximate surface area is 84.6 Å². The summed E-state index contributed by atoms with van der Waals surface area (Å²) in [6.07, 6.45) is 10.0. The van der Waals surface area contributed by atoms with Crippen molar-refractivity contribution in [2.45, 2.75) is 25.7 Å². The molecule has 0 unspecified atom stereocenters. The van der Waals surface area contributed by atoms with E-state index >= 15 is 0 Å². The highest BCUT2D eigenvalue weighted by molar-refractivity contribution is 5.91. The minimum absolute atomic E-state index is 0.327. The maximum Gasteiger partial charge on any atom is 0.149 e. The lowest BCUT2D eigenvalue weighted by atomic mass is 9.67. The van der Waals surface area contributed by atoms with Crippen LogP contribution in [0, 0.1) is 5.41 Å². The first-order valence-corrected chi connectivity index (χ1v) is 5.19. The highest BCUT2D eigenvalue weighted by Gasteiger charge is 2.42. The van der Waals surface area contributed by atoms with Gasteiger partial charge in [0.05, 0.1) is 12.0 Å². The summed E-state index contributed by atoms with van der Waals surface area (Å²) in [6, 6.07) is 0. The van der Waals surface area contributed by atoms with E-state index in [0.717, 1.165) is 19.3 Å². The van der Waals surface area contributed by atoms with Crippen molar-refractivity contribution in [1.82, 2.24) is 0 Å². The van der Waals surface area contributed by atoms with Crippen molar-refractivity contribution >= 4 is 5.78 Å². The average Bonchev–Trinajstić information content (AvgIpc) is 2.20. The second kappa shape index (κ2) is 3.70. The van der Waals surface area contributed by atoms with Gasteiger partial charge in [-0.05, 0) is 19.3 Å². The van der Waals surface area contributed by atoms with Crippen LogP contribution in [-0.2, 0) is 9.53 Å². The summed E-state index contributed by atoms with van der Waals surface area (Å²) >= 11 is 0. The van der Waals surface area contributed by atoms with Crippen molar-refractivity contribution in [2.75, 3.05) is 13.7 Å². The van der Waals surface area contributed by atoms with Gasteiger partial charge < -0.3 is 4.74 Å². The van der Waals surface area contributed by atoms with Gasteiger partial charge in [-0.2, -0.15) is 0 Å². The molecule has 0 heterocycles. The van der Waals surface area contributed by atoms with Crippen LogP contribution in [0.15, 0.2) is 23.8 Å². The molecule has 0 aromatic carbocycles. The first kappa shape index (κ1) is 9.66. The van der Waals surface area contributed by atoms with E-state index in [0.29, 0.717) is 18.8 Å². The minimum atomic E-state index is -0.398. The molecule has 0 aliphatic heterocycles. The molecule has 0 radical (unpaired) electrons. The van der Waals surface area contributed by atoms with Gasteiger partial charge in [0.25, 0.3) is 0 Å². The zero-order chi connectivity index (χ0) is 10.0. The number of ketones is 1. The molecule has 0 aromatic rings. The third-order valence-corrected chi connectivity index (χ3v) is 3.20. The van der Waals surface area contributed by atoms with Crippen molar-refractivity contribution in [3.8, 4) is 0 Å². The van der Waals surface area contributed by atoms with Crippen LogP contribution in [0.2, 0.25) is 0 Å². The minimum Gasteiger partial charge on any atom is -0.383 e. The number of rotatable bonds is 2. The molecular weight excluding hydrogens is 176 g/mol. The predicted molar refractivity (Wildman–Crippen MR) is 55.0 cm³/mol. The van der Waals surface area contributed by atoms with Gasteiger partial charge in [0.2, 0.25) is 0 Å². The Hall–Kier alpha value is -0.890. The maximum atomic E-state index is 12.0. The summed E-state index contributed by atoms with van der Waals surface area (Å²) in [6.45, 7) is 0.508. The van der Waals surface area contributed by atoms with Crippen molar-refractivity contribution in [3.63, 3.8) is 0 Å². The van der Waals surface area contributed by atoms with Crippen molar-refractivity contribution < 1.29 is 9.53 Å². The quantitative estimate of drug-likeness (QED) is 0.627. The van der Waals surface area contributed by atoms with Crippen LogP contribution in [0.4, 0.5) is 0 Å². The third kappa shape index (κ3) is 1.34. The number of Topliss-reactive ketones (excluding diaryl/α,β-unsaturated/α-hetero) is 1. The second-order valence-corrected chi connectivity index (χ2v) is 4.05. The first-order valence-electron chi connectivity index (χ1n) is 5.19. The zero-order valence-corrected chi connectivity index (χ0v) is 8.58. The van der Waals surface area contributed by atoms with Gasteiger partial charge in [0.15, 0.2) is 0 Å². The fraction of sp³-hybridized carbons (Fsp3) is 0.583. The molecule has 0 aromatic heterocycles. The summed E-state index contributed by atoms with van der Waals surface area (Å²) in [7, 11) is 1.66. The van der Waals surface area contributed by atoms with E-state index in [2.05, 4.69) is 12.2 Å². The van der Waals surface area contributed by atoms with Crippen molar-refractivity contribution in [3.05, 3.63) is 23.8 Å². The van der Waals surface area contributed by atoms with Crippen molar-refractivity contribution in [1.29, 1.82) is 0 Å². The van der Waals surface area contributed by atoms with Gasteiger partial charge in [-0.25, -0.2) is 0 Å². The van der Waals surface area contributed by atoms with Gasteiger partial charge in [0.1, 0.15) is 5.78 Å². The van der Waals surface area contributed by atoms with Crippen LogP contribution in [0.3, 0.4) is 0 Å². The molecule has 0 amide bonds. The fourth-order valence-electron chi connectivity index (χ4n) is 2.48. The van der Waals surface area contributed by atoms with E-state index in [9.17, 15) is 4.79 Å². The van der Waals surface area contributed by atoms with Crippen LogP contribution in [0.25, 0.3) is 0 Å². The Balaban J connectivity index is 2.35. The summed E-state index contributed by atoms with van der Waals surface area (Å²) in [4.78, 5) is 12.0. The van der Waals surface area contributed by atoms with Crippen LogP contribution < -0.4 is 0 Å². The summed E-state index contributed by atoms with van der Waals surface area (Å²) in [5.41, 5.74) is 0.878. The van der Waals surface area contributed by atoms with E-state index in [1.165, 1.54) is 5.57 Å².